The zero-order chi connectivity index (χ0) is 15.0. The topological polar surface area (TPSA) is 3.24 Å². The van der Waals surface area contributed by atoms with Gasteiger partial charge in [0.05, 0.1) is 0 Å². The molecule has 0 aromatic heterocycles. The molecule has 1 aliphatic carbocycles. The Morgan fingerprint density at radius 2 is 1.40 bits per heavy atom. The Kier molecular flexibility index (Phi) is 8.59. The van der Waals surface area contributed by atoms with Crippen LogP contribution in [0.5, 0.6) is 0 Å². The Labute approximate surface area is 133 Å². The summed E-state index contributed by atoms with van der Waals surface area (Å²) in [6, 6.07) is 0. The van der Waals surface area contributed by atoms with Gasteiger partial charge in [-0.15, -0.1) is 0 Å². The van der Waals surface area contributed by atoms with Crippen LogP contribution in [0.3, 0.4) is 0 Å². The average molecular weight is 300 g/mol. The van der Waals surface area contributed by atoms with Gasteiger partial charge in [0.1, 0.15) is 0 Å². The Balaban J connectivity index is 2.55. The normalized spacial score (nSPS) is 19.2. The molecule has 0 unspecified atom stereocenters. The second-order valence-corrected chi connectivity index (χ2v) is 8.18. The predicted molar refractivity (Wildman–Crippen MR) is 94.7 cm³/mol. The number of hydrogen-bond acceptors (Lipinski definition) is 2. The van der Waals surface area contributed by atoms with Gasteiger partial charge in [0, 0.05) is 6.54 Å². The molecular formula is C18H37NS. The van der Waals surface area contributed by atoms with E-state index in [4.69, 9.17) is 12.6 Å². The monoisotopic (exact) mass is 299 g/mol. The van der Waals surface area contributed by atoms with Crippen LogP contribution in [-0.4, -0.2) is 30.3 Å². The molecule has 0 amide bonds. The minimum absolute atomic E-state index is 0.509. The molecule has 1 rings (SSSR count). The summed E-state index contributed by atoms with van der Waals surface area (Å²) in [6.07, 6.45) is 9.74. The minimum atomic E-state index is 0.509. The van der Waals surface area contributed by atoms with Gasteiger partial charge in [-0.05, 0) is 61.8 Å². The van der Waals surface area contributed by atoms with Crippen molar-refractivity contribution in [3.63, 3.8) is 0 Å². The molecule has 2 heteroatoms. The van der Waals surface area contributed by atoms with Crippen LogP contribution >= 0.6 is 12.6 Å². The third-order valence-electron chi connectivity index (χ3n) is 4.85. The number of rotatable bonds is 9. The van der Waals surface area contributed by atoms with E-state index in [0.717, 1.165) is 17.6 Å². The van der Waals surface area contributed by atoms with E-state index >= 15 is 0 Å². The molecule has 1 aliphatic rings. The molecule has 120 valence electrons. The van der Waals surface area contributed by atoms with E-state index in [1.54, 1.807) is 0 Å². The summed E-state index contributed by atoms with van der Waals surface area (Å²) in [5.74, 6) is 2.71. The maximum Gasteiger partial charge on any atom is 0.00458 e. The van der Waals surface area contributed by atoms with Gasteiger partial charge in [0.15, 0.2) is 0 Å². The lowest BCUT2D eigenvalue weighted by molar-refractivity contribution is 0.117. The first kappa shape index (κ1) is 18.4. The quantitative estimate of drug-likeness (QED) is 0.568. The molecular weight excluding hydrogens is 262 g/mol. The van der Waals surface area contributed by atoms with Crippen LogP contribution < -0.4 is 0 Å². The van der Waals surface area contributed by atoms with E-state index in [1.807, 2.05) is 0 Å². The second kappa shape index (κ2) is 9.35. The maximum absolute atomic E-state index is 4.71. The highest BCUT2D eigenvalue weighted by molar-refractivity contribution is 7.80. The van der Waals surface area contributed by atoms with Crippen LogP contribution in [-0.2, 0) is 0 Å². The van der Waals surface area contributed by atoms with Crippen molar-refractivity contribution in [2.45, 2.75) is 72.6 Å². The number of nitrogens with zero attached hydrogens (tertiary/aromatic N) is 1. The van der Waals surface area contributed by atoms with Crippen molar-refractivity contribution in [1.82, 2.24) is 4.90 Å². The van der Waals surface area contributed by atoms with Gasteiger partial charge >= 0.3 is 0 Å². The highest BCUT2D eigenvalue weighted by Crippen LogP contribution is 2.38. The number of thiol groups is 1. The van der Waals surface area contributed by atoms with Crippen molar-refractivity contribution in [3.05, 3.63) is 0 Å². The predicted octanol–water partition coefficient (Wildman–Crippen LogP) is 5.26. The molecule has 0 radical (unpaired) electrons. The molecule has 0 spiro atoms. The van der Waals surface area contributed by atoms with Crippen LogP contribution in [0.25, 0.3) is 0 Å². The van der Waals surface area contributed by atoms with Crippen molar-refractivity contribution in [1.29, 1.82) is 0 Å². The van der Waals surface area contributed by atoms with Gasteiger partial charge in [0.2, 0.25) is 0 Å². The molecule has 0 N–H and O–H groups in total. The van der Waals surface area contributed by atoms with Crippen LogP contribution in [0.1, 0.15) is 72.6 Å². The lowest BCUT2D eigenvalue weighted by atomic mass is 9.75. The average Bonchev–Trinajstić information content (AvgIpc) is 2.42. The molecule has 1 fully saturated rings. The Hall–Kier alpha value is 0.310. The van der Waals surface area contributed by atoms with E-state index in [2.05, 4.69) is 32.6 Å². The summed E-state index contributed by atoms with van der Waals surface area (Å²) < 4.78 is 0. The SMILES string of the molecule is CC(C)CCN(CCC(C)C)CC1(CS)CCCCC1. The minimum Gasteiger partial charge on any atom is -0.303 e. The molecule has 1 saturated carbocycles. The summed E-state index contributed by atoms with van der Waals surface area (Å²) in [5.41, 5.74) is 0.509. The molecule has 1 nitrogen and oxygen atoms in total. The zero-order valence-corrected chi connectivity index (χ0v) is 15.2. The van der Waals surface area contributed by atoms with Crippen molar-refractivity contribution in [2.24, 2.45) is 17.3 Å². The third-order valence-corrected chi connectivity index (χ3v) is 5.52. The maximum atomic E-state index is 4.71. The zero-order valence-electron chi connectivity index (χ0n) is 14.3. The van der Waals surface area contributed by atoms with E-state index in [0.29, 0.717) is 5.41 Å². The van der Waals surface area contributed by atoms with Crippen LogP contribution in [0.2, 0.25) is 0 Å². The first-order valence-corrected chi connectivity index (χ1v) is 9.44. The van der Waals surface area contributed by atoms with Crippen molar-refractivity contribution >= 4 is 12.6 Å². The fraction of sp³-hybridized carbons (Fsp3) is 1.00. The van der Waals surface area contributed by atoms with Crippen LogP contribution in [0, 0.1) is 17.3 Å². The van der Waals surface area contributed by atoms with E-state index < -0.39 is 0 Å². The van der Waals surface area contributed by atoms with Gasteiger partial charge in [-0.2, -0.15) is 12.6 Å². The van der Waals surface area contributed by atoms with Crippen LogP contribution in [0.15, 0.2) is 0 Å². The Morgan fingerprint density at radius 1 is 0.900 bits per heavy atom. The lowest BCUT2D eigenvalue weighted by Gasteiger charge is -2.40. The molecule has 0 aliphatic heterocycles. The summed E-state index contributed by atoms with van der Waals surface area (Å²) in [6.45, 7) is 13.2. The van der Waals surface area contributed by atoms with Gasteiger partial charge in [-0.1, -0.05) is 47.0 Å². The van der Waals surface area contributed by atoms with Crippen molar-refractivity contribution < 1.29 is 0 Å². The Bertz CT molecular complexity index is 232. The van der Waals surface area contributed by atoms with Crippen LogP contribution in [0.4, 0.5) is 0 Å². The van der Waals surface area contributed by atoms with Crippen molar-refractivity contribution in [3.8, 4) is 0 Å². The lowest BCUT2D eigenvalue weighted by Crippen LogP contribution is -2.42. The summed E-state index contributed by atoms with van der Waals surface area (Å²) >= 11 is 4.71. The van der Waals surface area contributed by atoms with E-state index in [9.17, 15) is 0 Å². The Morgan fingerprint density at radius 3 is 1.80 bits per heavy atom. The fourth-order valence-corrected chi connectivity index (χ4v) is 3.71. The largest absolute Gasteiger partial charge is 0.303 e. The van der Waals surface area contributed by atoms with Crippen molar-refractivity contribution in [2.75, 3.05) is 25.4 Å². The molecule has 0 saturated heterocycles. The highest BCUT2D eigenvalue weighted by atomic mass is 32.1. The van der Waals surface area contributed by atoms with E-state index in [-0.39, 0.29) is 0 Å². The summed E-state index contributed by atoms with van der Waals surface area (Å²) in [7, 11) is 0. The first-order chi connectivity index (χ1) is 9.47. The first-order valence-electron chi connectivity index (χ1n) is 8.81. The standard InChI is InChI=1S/C18H37NS/c1-16(2)8-12-19(13-9-17(3)4)14-18(15-20)10-6-5-7-11-18/h16-17,20H,5-15H2,1-4H3. The van der Waals surface area contributed by atoms with E-state index in [1.165, 1.54) is 64.6 Å². The molecule has 0 bridgehead atoms. The fourth-order valence-electron chi connectivity index (χ4n) is 3.29. The summed E-state index contributed by atoms with van der Waals surface area (Å²) in [5, 5.41) is 0. The van der Waals surface area contributed by atoms with Gasteiger partial charge in [-0.25, -0.2) is 0 Å². The van der Waals surface area contributed by atoms with Gasteiger partial charge in [0.25, 0.3) is 0 Å². The van der Waals surface area contributed by atoms with Gasteiger partial charge < -0.3 is 4.90 Å². The molecule has 20 heavy (non-hydrogen) atoms. The smallest absolute Gasteiger partial charge is 0.00458 e. The molecule has 0 heterocycles. The second-order valence-electron chi connectivity index (χ2n) is 7.86. The molecule has 0 atom stereocenters. The number of hydrogen-bond donors (Lipinski definition) is 1. The molecule has 0 aromatic carbocycles. The third kappa shape index (κ3) is 6.85. The highest BCUT2D eigenvalue weighted by Gasteiger charge is 2.32. The van der Waals surface area contributed by atoms with Gasteiger partial charge in [-0.3, -0.25) is 0 Å². The molecule has 0 aromatic rings. The summed E-state index contributed by atoms with van der Waals surface area (Å²) in [4.78, 5) is 2.75.